The summed E-state index contributed by atoms with van der Waals surface area (Å²) in [5, 5.41) is 2.95. The van der Waals surface area contributed by atoms with Crippen LogP contribution >= 0.6 is 0 Å². The highest BCUT2D eigenvalue weighted by Crippen LogP contribution is 2.35. The summed E-state index contributed by atoms with van der Waals surface area (Å²) in [6.07, 6.45) is 0.976. The van der Waals surface area contributed by atoms with Crippen molar-refractivity contribution in [3.63, 3.8) is 0 Å². The lowest BCUT2D eigenvalue weighted by Crippen LogP contribution is -2.37. The van der Waals surface area contributed by atoms with Crippen molar-refractivity contribution < 1.29 is 9.18 Å². The molecular formula is C25H26FN3O. The summed E-state index contributed by atoms with van der Waals surface area (Å²) < 4.78 is 14.0. The zero-order chi connectivity index (χ0) is 21.1. The molecule has 3 aromatic carbocycles. The first kappa shape index (κ1) is 20.0. The van der Waals surface area contributed by atoms with Gasteiger partial charge in [-0.15, -0.1) is 0 Å². The molecule has 30 heavy (non-hydrogen) atoms. The molecule has 4 rings (SSSR count). The number of carbonyl (C=O) groups is 1. The second kappa shape index (κ2) is 8.57. The van der Waals surface area contributed by atoms with Crippen LogP contribution in [0.2, 0.25) is 0 Å². The molecule has 1 aliphatic rings. The van der Waals surface area contributed by atoms with Gasteiger partial charge in [-0.05, 0) is 47.9 Å². The smallest absolute Gasteiger partial charge is 0.254 e. The lowest BCUT2D eigenvalue weighted by atomic mass is 10.0. The van der Waals surface area contributed by atoms with E-state index in [2.05, 4.69) is 57.6 Å². The van der Waals surface area contributed by atoms with Crippen molar-refractivity contribution in [2.45, 2.75) is 12.5 Å². The van der Waals surface area contributed by atoms with Crippen LogP contribution in [0.4, 0.5) is 15.8 Å². The Morgan fingerprint density at radius 1 is 1.03 bits per heavy atom. The van der Waals surface area contributed by atoms with Gasteiger partial charge in [0.2, 0.25) is 0 Å². The second-order valence-electron chi connectivity index (χ2n) is 7.76. The number of carbonyl (C=O) groups excluding carboxylic acids is 1. The quantitative estimate of drug-likeness (QED) is 0.662. The van der Waals surface area contributed by atoms with E-state index in [1.54, 1.807) is 12.1 Å². The van der Waals surface area contributed by atoms with E-state index in [0.717, 1.165) is 24.2 Å². The number of benzene rings is 3. The predicted molar refractivity (Wildman–Crippen MR) is 120 cm³/mol. The first-order chi connectivity index (χ1) is 14.5. The third-order valence-electron chi connectivity index (χ3n) is 5.67. The van der Waals surface area contributed by atoms with E-state index in [4.69, 9.17) is 0 Å². The third-order valence-corrected chi connectivity index (χ3v) is 5.67. The van der Waals surface area contributed by atoms with Gasteiger partial charge in [0, 0.05) is 38.6 Å². The summed E-state index contributed by atoms with van der Waals surface area (Å²) in [5.74, 6) is -0.899. The fraction of sp³-hybridized carbons (Fsp3) is 0.240. The van der Waals surface area contributed by atoms with Crippen LogP contribution in [-0.4, -0.2) is 33.1 Å². The highest BCUT2D eigenvalue weighted by Gasteiger charge is 2.27. The Labute approximate surface area is 176 Å². The summed E-state index contributed by atoms with van der Waals surface area (Å²) in [6.45, 7) is 1.28. The van der Waals surface area contributed by atoms with Gasteiger partial charge < -0.3 is 15.1 Å². The molecule has 0 spiro atoms. The normalized spacial score (nSPS) is 13.6. The molecule has 4 nitrogen and oxygen atoms in total. The molecule has 0 bridgehead atoms. The van der Waals surface area contributed by atoms with Crippen LogP contribution < -0.4 is 15.1 Å². The predicted octanol–water partition coefficient (Wildman–Crippen LogP) is 4.43. The minimum atomic E-state index is -0.506. The van der Waals surface area contributed by atoms with Crippen LogP contribution in [0.3, 0.4) is 0 Å². The average molecular weight is 404 g/mol. The SMILES string of the molecule is CN(C)c1ccc([C@@H](CNC(=O)c2ccccc2F)N2CCc3ccccc32)cc1. The maximum absolute atomic E-state index is 14.0. The van der Waals surface area contributed by atoms with E-state index < -0.39 is 11.7 Å². The van der Waals surface area contributed by atoms with Crippen LogP contribution in [0, 0.1) is 5.82 Å². The molecule has 154 valence electrons. The maximum Gasteiger partial charge on any atom is 0.254 e. The van der Waals surface area contributed by atoms with E-state index in [1.165, 1.54) is 23.4 Å². The van der Waals surface area contributed by atoms with Gasteiger partial charge >= 0.3 is 0 Å². The Morgan fingerprint density at radius 2 is 1.73 bits per heavy atom. The van der Waals surface area contributed by atoms with Crippen LogP contribution in [-0.2, 0) is 6.42 Å². The summed E-state index contributed by atoms with van der Waals surface area (Å²) >= 11 is 0. The van der Waals surface area contributed by atoms with Crippen molar-refractivity contribution in [2.24, 2.45) is 0 Å². The topological polar surface area (TPSA) is 35.6 Å². The van der Waals surface area contributed by atoms with Crippen LogP contribution in [0.15, 0.2) is 72.8 Å². The summed E-state index contributed by atoms with van der Waals surface area (Å²) in [6, 6.07) is 22.8. The van der Waals surface area contributed by atoms with Gasteiger partial charge in [0.25, 0.3) is 5.91 Å². The Bertz CT molecular complexity index is 1030. The molecular weight excluding hydrogens is 377 g/mol. The Balaban J connectivity index is 1.61. The first-order valence-electron chi connectivity index (χ1n) is 10.2. The van der Waals surface area contributed by atoms with Gasteiger partial charge in [-0.3, -0.25) is 4.79 Å². The van der Waals surface area contributed by atoms with E-state index in [0.29, 0.717) is 6.54 Å². The van der Waals surface area contributed by atoms with Crippen molar-refractivity contribution in [3.8, 4) is 0 Å². The van der Waals surface area contributed by atoms with Crippen molar-refractivity contribution >= 4 is 17.3 Å². The fourth-order valence-corrected chi connectivity index (χ4v) is 4.02. The summed E-state index contributed by atoms with van der Waals surface area (Å²) in [7, 11) is 4.02. The monoisotopic (exact) mass is 403 g/mol. The van der Waals surface area contributed by atoms with Crippen molar-refractivity contribution in [3.05, 3.63) is 95.3 Å². The van der Waals surface area contributed by atoms with E-state index in [-0.39, 0.29) is 11.6 Å². The Morgan fingerprint density at radius 3 is 2.47 bits per heavy atom. The molecule has 0 fully saturated rings. The van der Waals surface area contributed by atoms with Crippen LogP contribution in [0.25, 0.3) is 0 Å². The standard InChI is InChI=1S/C25H26FN3O/c1-28(2)20-13-11-19(12-14-20)24(29-16-15-18-7-3-6-10-23(18)29)17-27-25(30)21-8-4-5-9-22(21)26/h3-14,24H,15-17H2,1-2H3,(H,27,30)/t24-/m1/s1. The van der Waals surface area contributed by atoms with Gasteiger partial charge in [-0.2, -0.15) is 0 Å². The number of nitrogens with zero attached hydrogens (tertiary/aromatic N) is 2. The van der Waals surface area contributed by atoms with Crippen molar-refractivity contribution in [1.82, 2.24) is 5.32 Å². The molecule has 3 aromatic rings. The van der Waals surface area contributed by atoms with E-state index >= 15 is 0 Å². The molecule has 5 heteroatoms. The number of rotatable bonds is 6. The number of amides is 1. The minimum absolute atomic E-state index is 0.0411. The van der Waals surface area contributed by atoms with Crippen molar-refractivity contribution in [1.29, 1.82) is 0 Å². The molecule has 0 aromatic heterocycles. The van der Waals surface area contributed by atoms with E-state index in [9.17, 15) is 9.18 Å². The van der Waals surface area contributed by atoms with Gasteiger partial charge in [0.15, 0.2) is 0 Å². The van der Waals surface area contributed by atoms with E-state index in [1.807, 2.05) is 20.2 Å². The lowest BCUT2D eigenvalue weighted by molar-refractivity contribution is 0.0947. The number of hydrogen-bond donors (Lipinski definition) is 1. The number of fused-ring (bicyclic) bond motifs is 1. The van der Waals surface area contributed by atoms with Gasteiger partial charge in [0.05, 0.1) is 11.6 Å². The average Bonchev–Trinajstić information content (AvgIpc) is 3.18. The van der Waals surface area contributed by atoms with Gasteiger partial charge in [0.1, 0.15) is 5.82 Å². The number of hydrogen-bond acceptors (Lipinski definition) is 3. The number of nitrogens with one attached hydrogen (secondary N) is 1. The molecule has 0 unspecified atom stereocenters. The molecule has 1 aliphatic heterocycles. The molecule has 0 radical (unpaired) electrons. The summed E-state index contributed by atoms with van der Waals surface area (Å²) in [4.78, 5) is 17.0. The number of para-hydroxylation sites is 1. The van der Waals surface area contributed by atoms with Gasteiger partial charge in [-0.1, -0.05) is 42.5 Å². The highest BCUT2D eigenvalue weighted by atomic mass is 19.1. The summed E-state index contributed by atoms with van der Waals surface area (Å²) in [5.41, 5.74) is 4.81. The molecule has 0 saturated heterocycles. The molecule has 0 aliphatic carbocycles. The molecule has 1 heterocycles. The molecule has 0 saturated carbocycles. The maximum atomic E-state index is 14.0. The van der Waals surface area contributed by atoms with Crippen molar-refractivity contribution in [2.75, 3.05) is 37.0 Å². The van der Waals surface area contributed by atoms with Crippen LogP contribution in [0.1, 0.15) is 27.5 Å². The van der Waals surface area contributed by atoms with Gasteiger partial charge in [-0.25, -0.2) is 4.39 Å². The Hall–Kier alpha value is -3.34. The zero-order valence-electron chi connectivity index (χ0n) is 17.3. The molecule has 1 N–H and O–H groups in total. The third kappa shape index (κ3) is 4.01. The number of anilines is 2. The molecule has 1 atom stereocenters. The second-order valence-corrected chi connectivity index (χ2v) is 7.76. The molecule has 1 amide bonds. The lowest BCUT2D eigenvalue weighted by Gasteiger charge is -2.31. The zero-order valence-corrected chi connectivity index (χ0v) is 17.3. The largest absolute Gasteiger partial charge is 0.378 e. The highest BCUT2D eigenvalue weighted by molar-refractivity contribution is 5.94. The first-order valence-corrected chi connectivity index (χ1v) is 10.2. The van der Waals surface area contributed by atoms with Crippen LogP contribution in [0.5, 0.6) is 0 Å². The minimum Gasteiger partial charge on any atom is -0.378 e. The fourth-order valence-electron chi connectivity index (χ4n) is 4.02. The number of halogens is 1. The Kier molecular flexibility index (Phi) is 5.70.